The number of imidazole rings is 1. The van der Waals surface area contributed by atoms with Crippen molar-refractivity contribution in [1.82, 2.24) is 14.5 Å². The second-order valence-corrected chi connectivity index (χ2v) is 7.58. The minimum atomic E-state index is -0.371. The molecule has 0 spiro atoms. The average molecular weight is 387 g/mol. The summed E-state index contributed by atoms with van der Waals surface area (Å²) in [5.41, 5.74) is 4.22. The Balaban J connectivity index is 1.26. The molecule has 1 aliphatic heterocycles. The third kappa shape index (κ3) is 3.40. The zero-order chi connectivity index (χ0) is 19.8. The van der Waals surface area contributed by atoms with Gasteiger partial charge < -0.3 is 10.2 Å². The molecule has 3 aromatic rings. The number of rotatable bonds is 4. The largest absolute Gasteiger partial charge is 0.324 e. The Morgan fingerprint density at radius 2 is 2.03 bits per heavy atom. The molecule has 29 heavy (non-hydrogen) atoms. The smallest absolute Gasteiger partial charge is 0.229 e. The van der Waals surface area contributed by atoms with Crippen LogP contribution >= 0.6 is 0 Å². The number of anilines is 2. The first kappa shape index (κ1) is 17.6. The highest BCUT2D eigenvalue weighted by atomic mass is 16.2. The van der Waals surface area contributed by atoms with Crippen molar-refractivity contribution in [2.45, 2.75) is 25.7 Å². The van der Waals surface area contributed by atoms with E-state index in [4.69, 9.17) is 0 Å². The van der Waals surface area contributed by atoms with Crippen LogP contribution in [0.5, 0.6) is 0 Å². The molecule has 146 valence electrons. The van der Waals surface area contributed by atoms with Crippen LogP contribution in [0.4, 0.5) is 11.4 Å². The molecular weight excluding hydrogens is 366 g/mol. The van der Waals surface area contributed by atoms with Gasteiger partial charge in [0.1, 0.15) is 12.1 Å². The van der Waals surface area contributed by atoms with Crippen LogP contribution in [0, 0.1) is 5.92 Å². The number of nitrogens with one attached hydrogen (secondary N) is 1. The van der Waals surface area contributed by atoms with E-state index in [0.29, 0.717) is 12.2 Å². The maximum absolute atomic E-state index is 12.7. The normalized spacial score (nSPS) is 18.1. The van der Waals surface area contributed by atoms with Gasteiger partial charge in [-0.3, -0.25) is 14.2 Å². The van der Waals surface area contributed by atoms with E-state index >= 15 is 0 Å². The third-order valence-corrected chi connectivity index (χ3v) is 5.67. The van der Waals surface area contributed by atoms with E-state index in [1.807, 2.05) is 12.1 Å². The van der Waals surface area contributed by atoms with Gasteiger partial charge in [0.2, 0.25) is 11.8 Å². The van der Waals surface area contributed by atoms with E-state index in [1.165, 1.54) is 17.5 Å². The summed E-state index contributed by atoms with van der Waals surface area (Å²) in [6.07, 6.45) is 10.3. The number of aryl methyl sites for hydroxylation is 2. The van der Waals surface area contributed by atoms with Crippen molar-refractivity contribution in [3.63, 3.8) is 0 Å². The summed E-state index contributed by atoms with van der Waals surface area (Å²) in [5.74, 6) is 0.194. The Kier molecular flexibility index (Phi) is 4.35. The SMILES string of the molecule is O=C(Nc1ccc(-n2ccnc2)nc1)C1CC(=O)N(c2ccc3c(c2)CCC3)C1. The topological polar surface area (TPSA) is 80.1 Å². The highest BCUT2D eigenvalue weighted by molar-refractivity contribution is 6.03. The van der Waals surface area contributed by atoms with Crippen molar-refractivity contribution in [1.29, 1.82) is 0 Å². The predicted octanol–water partition coefficient (Wildman–Crippen LogP) is 2.75. The molecule has 2 aliphatic rings. The van der Waals surface area contributed by atoms with Gasteiger partial charge in [-0.1, -0.05) is 6.07 Å². The van der Waals surface area contributed by atoms with Crippen LogP contribution in [-0.2, 0) is 22.4 Å². The number of carbonyl (C=O) groups is 2. The summed E-state index contributed by atoms with van der Waals surface area (Å²) in [5, 5.41) is 2.89. The number of nitrogens with zero attached hydrogens (tertiary/aromatic N) is 4. The number of amides is 2. The minimum Gasteiger partial charge on any atom is -0.324 e. The molecule has 3 heterocycles. The van der Waals surface area contributed by atoms with Crippen molar-refractivity contribution >= 4 is 23.2 Å². The van der Waals surface area contributed by atoms with Gasteiger partial charge in [-0.05, 0) is 54.7 Å². The van der Waals surface area contributed by atoms with Crippen LogP contribution < -0.4 is 10.2 Å². The number of fused-ring (bicyclic) bond motifs is 1. The summed E-state index contributed by atoms with van der Waals surface area (Å²) in [7, 11) is 0. The number of carbonyl (C=O) groups excluding carboxylic acids is 2. The number of pyridine rings is 1. The maximum atomic E-state index is 12.7. The molecule has 1 aliphatic carbocycles. The highest BCUT2D eigenvalue weighted by Gasteiger charge is 2.35. The summed E-state index contributed by atoms with van der Waals surface area (Å²) in [6, 6.07) is 9.84. The molecule has 1 N–H and O–H groups in total. The fourth-order valence-corrected chi connectivity index (χ4v) is 4.11. The lowest BCUT2D eigenvalue weighted by molar-refractivity contribution is -0.122. The molecular formula is C22H21N5O2. The Labute approximate surface area is 168 Å². The van der Waals surface area contributed by atoms with E-state index in [-0.39, 0.29) is 24.2 Å². The predicted molar refractivity (Wildman–Crippen MR) is 109 cm³/mol. The van der Waals surface area contributed by atoms with E-state index in [9.17, 15) is 9.59 Å². The first-order valence-electron chi connectivity index (χ1n) is 9.85. The molecule has 1 saturated heterocycles. The molecule has 5 rings (SSSR count). The first-order valence-corrected chi connectivity index (χ1v) is 9.85. The zero-order valence-corrected chi connectivity index (χ0v) is 15.9. The highest BCUT2D eigenvalue weighted by Crippen LogP contribution is 2.31. The molecule has 2 aromatic heterocycles. The summed E-state index contributed by atoms with van der Waals surface area (Å²) in [6.45, 7) is 0.407. The van der Waals surface area contributed by atoms with Crippen LogP contribution in [0.15, 0.2) is 55.2 Å². The lowest BCUT2D eigenvalue weighted by atomic mass is 10.1. The van der Waals surface area contributed by atoms with Gasteiger partial charge in [0.05, 0.1) is 17.8 Å². The quantitative estimate of drug-likeness (QED) is 0.747. The van der Waals surface area contributed by atoms with Gasteiger partial charge in [-0.25, -0.2) is 9.97 Å². The van der Waals surface area contributed by atoms with Crippen molar-refractivity contribution in [2.75, 3.05) is 16.8 Å². The number of hydrogen-bond donors (Lipinski definition) is 1. The summed E-state index contributed by atoms with van der Waals surface area (Å²) in [4.78, 5) is 35.3. The molecule has 1 atom stereocenters. The monoisotopic (exact) mass is 387 g/mol. The van der Waals surface area contributed by atoms with Gasteiger partial charge in [-0.15, -0.1) is 0 Å². The minimum absolute atomic E-state index is 0.00308. The molecule has 1 aromatic carbocycles. The van der Waals surface area contributed by atoms with Crippen LogP contribution in [0.25, 0.3) is 5.82 Å². The van der Waals surface area contributed by atoms with Gasteiger partial charge in [0, 0.05) is 31.0 Å². The lowest BCUT2D eigenvalue weighted by Gasteiger charge is -2.18. The van der Waals surface area contributed by atoms with E-state index < -0.39 is 0 Å². The average Bonchev–Trinajstić information content (AvgIpc) is 3.48. The van der Waals surface area contributed by atoms with E-state index in [0.717, 1.165) is 24.3 Å². The maximum Gasteiger partial charge on any atom is 0.229 e. The van der Waals surface area contributed by atoms with E-state index in [2.05, 4.69) is 27.4 Å². The second kappa shape index (κ2) is 7.16. The van der Waals surface area contributed by atoms with Crippen molar-refractivity contribution < 1.29 is 9.59 Å². The first-order chi connectivity index (χ1) is 14.2. The standard InChI is InChI=1S/C22H21N5O2/c28-21-11-17(13-27(21)19-6-4-15-2-1-3-16(15)10-19)22(29)25-18-5-7-20(24-12-18)26-9-8-23-14-26/h4-10,12,14,17H,1-3,11,13H2,(H,25,29). The lowest BCUT2D eigenvalue weighted by Crippen LogP contribution is -2.28. The molecule has 7 heteroatoms. The molecule has 0 saturated carbocycles. The van der Waals surface area contributed by atoms with Crippen molar-refractivity contribution in [3.05, 3.63) is 66.4 Å². The van der Waals surface area contributed by atoms with E-state index in [1.54, 1.807) is 40.5 Å². The third-order valence-electron chi connectivity index (χ3n) is 5.67. The fourth-order valence-electron chi connectivity index (χ4n) is 4.11. The van der Waals surface area contributed by atoms with Gasteiger partial charge in [0.25, 0.3) is 0 Å². The number of aromatic nitrogens is 3. The second-order valence-electron chi connectivity index (χ2n) is 7.58. The molecule has 1 unspecified atom stereocenters. The van der Waals surface area contributed by atoms with Crippen molar-refractivity contribution in [3.8, 4) is 5.82 Å². The van der Waals surface area contributed by atoms with Crippen LogP contribution in [0.1, 0.15) is 24.0 Å². The van der Waals surface area contributed by atoms with Gasteiger partial charge in [0.15, 0.2) is 0 Å². The molecule has 0 radical (unpaired) electrons. The van der Waals surface area contributed by atoms with Crippen LogP contribution in [0.2, 0.25) is 0 Å². The molecule has 1 fully saturated rings. The molecule has 2 amide bonds. The Morgan fingerprint density at radius 3 is 2.83 bits per heavy atom. The Bertz CT molecular complexity index is 1060. The molecule has 7 nitrogen and oxygen atoms in total. The fraction of sp³-hybridized carbons (Fsp3) is 0.273. The number of hydrogen-bond acceptors (Lipinski definition) is 4. The van der Waals surface area contributed by atoms with Crippen LogP contribution in [-0.4, -0.2) is 32.9 Å². The Hall–Kier alpha value is -3.48. The number of benzene rings is 1. The van der Waals surface area contributed by atoms with Crippen LogP contribution in [0.3, 0.4) is 0 Å². The van der Waals surface area contributed by atoms with Crippen molar-refractivity contribution in [2.24, 2.45) is 5.92 Å². The summed E-state index contributed by atoms with van der Waals surface area (Å²) >= 11 is 0. The Morgan fingerprint density at radius 1 is 1.14 bits per heavy atom. The van der Waals surface area contributed by atoms with Gasteiger partial charge in [-0.2, -0.15) is 0 Å². The molecule has 0 bridgehead atoms. The zero-order valence-electron chi connectivity index (χ0n) is 15.9. The summed E-state index contributed by atoms with van der Waals surface area (Å²) < 4.78 is 1.79. The van der Waals surface area contributed by atoms with Gasteiger partial charge >= 0.3 is 0 Å².